The van der Waals surface area contributed by atoms with Crippen LogP contribution in [0.2, 0.25) is 0 Å². The third-order valence-corrected chi connectivity index (χ3v) is 2.75. The van der Waals surface area contributed by atoms with E-state index in [0.29, 0.717) is 12.4 Å². The van der Waals surface area contributed by atoms with Gasteiger partial charge in [0, 0.05) is 11.5 Å². The van der Waals surface area contributed by atoms with Crippen molar-refractivity contribution in [3.05, 3.63) is 30.1 Å². The summed E-state index contributed by atoms with van der Waals surface area (Å²) in [6, 6.07) is 6.09. The van der Waals surface area contributed by atoms with Gasteiger partial charge in [0.05, 0.1) is 5.75 Å². The van der Waals surface area contributed by atoms with Gasteiger partial charge in [0.1, 0.15) is 12.4 Å². The molecule has 0 aliphatic rings. The number of hydrogen-bond acceptors (Lipinski definition) is 3. The van der Waals surface area contributed by atoms with E-state index in [1.165, 1.54) is 23.9 Å². The highest BCUT2D eigenvalue weighted by molar-refractivity contribution is 8.00. The molecule has 0 spiro atoms. The molecule has 0 saturated carbocycles. The van der Waals surface area contributed by atoms with Crippen LogP contribution in [-0.4, -0.2) is 24.7 Å². The minimum atomic E-state index is -0.264. The summed E-state index contributed by atoms with van der Waals surface area (Å²) in [6.45, 7) is 2.55. The Morgan fingerprint density at radius 2 is 2.07 bits per heavy atom. The second-order valence-corrected chi connectivity index (χ2v) is 3.97. The second kappa shape index (κ2) is 6.58. The van der Waals surface area contributed by atoms with E-state index in [-0.39, 0.29) is 18.2 Å². The molecule has 0 saturated heterocycles. The summed E-state index contributed by atoms with van der Waals surface area (Å²) in [5, 5.41) is 0. The third kappa shape index (κ3) is 4.95. The molecule has 82 valence electrons. The number of ether oxygens (including phenoxy) is 1. The fraction of sp³-hybridized carbons (Fsp3) is 0.364. The standard InChI is InChI=1S/C11H13FO2S/c1-2-14-7-10(13)8-15-11-5-3-9(12)4-6-11/h3-6H,2,7-8H2,1H3. The maximum absolute atomic E-state index is 12.6. The van der Waals surface area contributed by atoms with Crippen molar-refractivity contribution in [1.82, 2.24) is 0 Å². The van der Waals surface area contributed by atoms with Crippen molar-refractivity contribution in [3.63, 3.8) is 0 Å². The molecule has 0 bridgehead atoms. The zero-order valence-corrected chi connectivity index (χ0v) is 9.35. The van der Waals surface area contributed by atoms with E-state index >= 15 is 0 Å². The summed E-state index contributed by atoms with van der Waals surface area (Å²) in [7, 11) is 0. The van der Waals surface area contributed by atoms with Gasteiger partial charge >= 0.3 is 0 Å². The Morgan fingerprint density at radius 1 is 1.40 bits per heavy atom. The monoisotopic (exact) mass is 228 g/mol. The van der Waals surface area contributed by atoms with E-state index in [4.69, 9.17) is 4.74 Å². The van der Waals surface area contributed by atoms with Crippen LogP contribution in [0.4, 0.5) is 4.39 Å². The minimum Gasteiger partial charge on any atom is -0.374 e. The van der Waals surface area contributed by atoms with Crippen LogP contribution in [0, 0.1) is 5.82 Å². The van der Waals surface area contributed by atoms with E-state index in [2.05, 4.69) is 0 Å². The second-order valence-electron chi connectivity index (χ2n) is 2.92. The quantitative estimate of drug-likeness (QED) is 0.700. The average molecular weight is 228 g/mol. The minimum absolute atomic E-state index is 0.0474. The van der Waals surface area contributed by atoms with E-state index in [1.54, 1.807) is 12.1 Å². The molecule has 0 aromatic heterocycles. The molecule has 0 amide bonds. The summed E-state index contributed by atoms with van der Waals surface area (Å²) in [4.78, 5) is 12.1. The van der Waals surface area contributed by atoms with Crippen LogP contribution in [0.1, 0.15) is 6.92 Å². The van der Waals surface area contributed by atoms with Crippen LogP contribution in [0.5, 0.6) is 0 Å². The molecule has 0 N–H and O–H groups in total. The zero-order chi connectivity index (χ0) is 11.1. The van der Waals surface area contributed by atoms with Gasteiger partial charge in [-0.1, -0.05) is 0 Å². The van der Waals surface area contributed by atoms with E-state index in [1.807, 2.05) is 6.92 Å². The fourth-order valence-electron chi connectivity index (χ4n) is 0.952. The van der Waals surface area contributed by atoms with Crippen LogP contribution >= 0.6 is 11.8 Å². The van der Waals surface area contributed by atoms with Gasteiger partial charge in [-0.2, -0.15) is 0 Å². The largest absolute Gasteiger partial charge is 0.374 e. The molecule has 0 atom stereocenters. The number of thioether (sulfide) groups is 1. The van der Waals surface area contributed by atoms with Gasteiger partial charge in [-0.05, 0) is 31.2 Å². The predicted octanol–water partition coefficient (Wildman–Crippen LogP) is 2.52. The predicted molar refractivity (Wildman–Crippen MR) is 58.6 cm³/mol. The molecule has 15 heavy (non-hydrogen) atoms. The van der Waals surface area contributed by atoms with Crippen molar-refractivity contribution >= 4 is 17.5 Å². The number of hydrogen-bond donors (Lipinski definition) is 0. The van der Waals surface area contributed by atoms with E-state index in [9.17, 15) is 9.18 Å². The Balaban J connectivity index is 2.30. The molecule has 0 radical (unpaired) electrons. The third-order valence-electron chi connectivity index (χ3n) is 1.68. The molecule has 1 aromatic carbocycles. The first-order valence-electron chi connectivity index (χ1n) is 4.70. The number of rotatable bonds is 6. The van der Waals surface area contributed by atoms with Crippen molar-refractivity contribution in [3.8, 4) is 0 Å². The van der Waals surface area contributed by atoms with Gasteiger partial charge < -0.3 is 4.74 Å². The smallest absolute Gasteiger partial charge is 0.168 e. The van der Waals surface area contributed by atoms with Crippen molar-refractivity contribution in [1.29, 1.82) is 0 Å². The Hall–Kier alpha value is -0.870. The molecule has 4 heteroatoms. The number of carbonyl (C=O) groups excluding carboxylic acids is 1. The van der Waals surface area contributed by atoms with Gasteiger partial charge in [-0.15, -0.1) is 11.8 Å². The highest BCUT2D eigenvalue weighted by atomic mass is 32.2. The van der Waals surface area contributed by atoms with Crippen LogP contribution in [0.3, 0.4) is 0 Å². The number of carbonyl (C=O) groups is 1. The molecule has 0 fully saturated rings. The first-order valence-corrected chi connectivity index (χ1v) is 5.68. The van der Waals surface area contributed by atoms with Gasteiger partial charge in [0.15, 0.2) is 5.78 Å². The SMILES string of the molecule is CCOCC(=O)CSc1ccc(F)cc1. The molecular weight excluding hydrogens is 215 g/mol. The van der Waals surface area contributed by atoms with Gasteiger partial charge in [0.25, 0.3) is 0 Å². The fourth-order valence-corrected chi connectivity index (χ4v) is 1.69. The lowest BCUT2D eigenvalue weighted by atomic mass is 10.4. The number of benzene rings is 1. The topological polar surface area (TPSA) is 26.3 Å². The first-order chi connectivity index (χ1) is 7.22. The first kappa shape index (κ1) is 12.2. The highest BCUT2D eigenvalue weighted by Gasteiger charge is 2.02. The number of halogens is 1. The summed E-state index contributed by atoms with van der Waals surface area (Å²) in [5.74, 6) is 0.150. The lowest BCUT2D eigenvalue weighted by Crippen LogP contribution is -2.10. The summed E-state index contributed by atoms with van der Waals surface area (Å²) in [5.41, 5.74) is 0. The Morgan fingerprint density at radius 3 is 2.67 bits per heavy atom. The molecule has 2 nitrogen and oxygen atoms in total. The van der Waals surface area contributed by atoms with Crippen molar-refractivity contribution in [2.45, 2.75) is 11.8 Å². The molecule has 0 heterocycles. The van der Waals surface area contributed by atoms with Gasteiger partial charge in [-0.25, -0.2) is 4.39 Å². The average Bonchev–Trinajstić information content (AvgIpc) is 2.25. The van der Waals surface area contributed by atoms with Crippen molar-refractivity contribution in [2.24, 2.45) is 0 Å². The highest BCUT2D eigenvalue weighted by Crippen LogP contribution is 2.17. The zero-order valence-electron chi connectivity index (χ0n) is 8.53. The maximum atomic E-state index is 12.6. The molecule has 1 rings (SSSR count). The molecule has 1 aromatic rings. The Kier molecular flexibility index (Phi) is 5.36. The maximum Gasteiger partial charge on any atom is 0.168 e. The number of Topliss-reactive ketones (excluding diaryl/α,β-unsaturated/α-hetero) is 1. The van der Waals surface area contributed by atoms with Crippen molar-refractivity contribution < 1.29 is 13.9 Å². The molecular formula is C11H13FO2S. The van der Waals surface area contributed by atoms with Crippen LogP contribution in [0.15, 0.2) is 29.2 Å². The molecule has 0 aliphatic heterocycles. The Labute approximate surface area is 92.8 Å². The summed E-state index contributed by atoms with van der Waals surface area (Å²) >= 11 is 1.39. The molecule has 0 unspecified atom stereocenters. The number of ketones is 1. The summed E-state index contributed by atoms with van der Waals surface area (Å²) < 4.78 is 17.5. The van der Waals surface area contributed by atoms with Crippen LogP contribution in [0.25, 0.3) is 0 Å². The molecule has 0 aliphatic carbocycles. The lowest BCUT2D eigenvalue weighted by molar-refractivity contribution is -0.120. The normalized spacial score (nSPS) is 10.3. The summed E-state index contributed by atoms with van der Waals surface area (Å²) in [6.07, 6.45) is 0. The Bertz CT molecular complexity index is 311. The van der Waals surface area contributed by atoms with E-state index < -0.39 is 0 Å². The van der Waals surface area contributed by atoms with Gasteiger partial charge in [0.2, 0.25) is 0 Å². The van der Waals surface area contributed by atoms with Crippen LogP contribution in [-0.2, 0) is 9.53 Å². The van der Waals surface area contributed by atoms with Gasteiger partial charge in [-0.3, -0.25) is 4.79 Å². The van der Waals surface area contributed by atoms with Crippen molar-refractivity contribution in [2.75, 3.05) is 19.0 Å². The lowest BCUT2D eigenvalue weighted by Gasteiger charge is -2.01. The van der Waals surface area contributed by atoms with Crippen LogP contribution < -0.4 is 0 Å². The van der Waals surface area contributed by atoms with E-state index in [0.717, 1.165) is 4.90 Å².